The minimum Gasteiger partial charge on any atom is -0.351 e. The molecule has 5 heteroatoms. The van der Waals surface area contributed by atoms with Crippen molar-refractivity contribution in [2.45, 2.75) is 13.8 Å². The molecule has 0 radical (unpaired) electrons. The summed E-state index contributed by atoms with van der Waals surface area (Å²) < 4.78 is 0. The number of primary amides is 1. The molecular formula is C6H10N2O3. The van der Waals surface area contributed by atoms with Crippen LogP contribution in [0.4, 0.5) is 4.79 Å². The van der Waals surface area contributed by atoms with Crippen molar-refractivity contribution in [3.63, 3.8) is 0 Å². The maximum absolute atomic E-state index is 10.9. The molecule has 0 fully saturated rings. The van der Waals surface area contributed by atoms with E-state index in [1.165, 1.54) is 0 Å². The van der Waals surface area contributed by atoms with Gasteiger partial charge in [0.15, 0.2) is 0 Å². The van der Waals surface area contributed by atoms with Gasteiger partial charge in [0.1, 0.15) is 0 Å². The third-order valence-electron chi connectivity index (χ3n) is 1.07. The van der Waals surface area contributed by atoms with Crippen LogP contribution >= 0.6 is 0 Å². The highest BCUT2D eigenvalue weighted by molar-refractivity contribution is 6.03. The summed E-state index contributed by atoms with van der Waals surface area (Å²) in [4.78, 5) is 31.7. The minimum absolute atomic E-state index is 0.116. The van der Waals surface area contributed by atoms with Crippen molar-refractivity contribution in [3.8, 4) is 0 Å². The zero-order chi connectivity index (χ0) is 9.02. The molecule has 62 valence electrons. The third-order valence-corrected chi connectivity index (χ3v) is 1.07. The van der Waals surface area contributed by atoms with E-state index in [0.29, 0.717) is 4.90 Å². The van der Waals surface area contributed by atoms with Gasteiger partial charge in [-0.15, -0.1) is 0 Å². The van der Waals surface area contributed by atoms with Gasteiger partial charge < -0.3 is 5.73 Å². The Balaban J connectivity index is 4.39. The van der Waals surface area contributed by atoms with Gasteiger partial charge in [-0.2, -0.15) is 0 Å². The van der Waals surface area contributed by atoms with Gasteiger partial charge in [0, 0.05) is 5.92 Å². The molecule has 0 heterocycles. The monoisotopic (exact) mass is 158 g/mol. The molecule has 0 aliphatic heterocycles. The molecule has 4 amide bonds. The summed E-state index contributed by atoms with van der Waals surface area (Å²) in [5, 5.41) is 0. The minimum atomic E-state index is -1.04. The number of nitrogens with two attached hydrogens (primary N) is 1. The number of carbonyl (C=O) groups excluding carboxylic acids is 3. The molecule has 0 atom stereocenters. The van der Waals surface area contributed by atoms with E-state index < -0.39 is 17.9 Å². The lowest BCUT2D eigenvalue weighted by Crippen LogP contribution is -2.41. The van der Waals surface area contributed by atoms with Gasteiger partial charge in [-0.1, -0.05) is 13.8 Å². The highest BCUT2D eigenvalue weighted by Gasteiger charge is 2.20. The molecule has 0 aromatic heterocycles. The van der Waals surface area contributed by atoms with Crippen LogP contribution in [0.1, 0.15) is 13.8 Å². The fourth-order valence-corrected chi connectivity index (χ4v) is 0.491. The molecule has 0 saturated heterocycles. The topological polar surface area (TPSA) is 80.5 Å². The molecule has 0 unspecified atom stereocenters. The van der Waals surface area contributed by atoms with Crippen LogP contribution < -0.4 is 5.73 Å². The largest absolute Gasteiger partial charge is 0.351 e. The number of urea groups is 1. The van der Waals surface area contributed by atoms with Crippen molar-refractivity contribution in [2.24, 2.45) is 11.7 Å². The van der Waals surface area contributed by atoms with Gasteiger partial charge in [0.05, 0.1) is 0 Å². The predicted octanol–water partition coefficient (Wildman–Crippen LogP) is -0.294. The Labute approximate surface area is 64.1 Å². The first-order chi connectivity index (χ1) is 5.00. The number of nitrogens with zero attached hydrogens (tertiary/aromatic N) is 1. The zero-order valence-corrected chi connectivity index (χ0v) is 6.40. The van der Waals surface area contributed by atoms with E-state index >= 15 is 0 Å². The smallest absolute Gasteiger partial charge is 0.328 e. The Morgan fingerprint density at radius 3 is 2.00 bits per heavy atom. The van der Waals surface area contributed by atoms with Crippen LogP contribution in [-0.4, -0.2) is 23.2 Å². The van der Waals surface area contributed by atoms with E-state index in [-0.39, 0.29) is 6.41 Å². The van der Waals surface area contributed by atoms with Crippen LogP contribution in [0.3, 0.4) is 0 Å². The second-order valence-corrected chi connectivity index (χ2v) is 2.31. The van der Waals surface area contributed by atoms with Gasteiger partial charge >= 0.3 is 6.03 Å². The molecule has 0 aliphatic carbocycles. The van der Waals surface area contributed by atoms with Crippen molar-refractivity contribution in [2.75, 3.05) is 0 Å². The van der Waals surface area contributed by atoms with Crippen LogP contribution in [0.2, 0.25) is 0 Å². The van der Waals surface area contributed by atoms with Crippen molar-refractivity contribution in [1.29, 1.82) is 0 Å². The highest BCUT2D eigenvalue weighted by Crippen LogP contribution is 1.97. The highest BCUT2D eigenvalue weighted by atomic mass is 16.2. The number of hydrogen-bond donors (Lipinski definition) is 1. The Morgan fingerprint density at radius 1 is 1.45 bits per heavy atom. The van der Waals surface area contributed by atoms with Gasteiger partial charge in [0.25, 0.3) is 0 Å². The molecule has 0 aliphatic rings. The van der Waals surface area contributed by atoms with E-state index in [1.807, 2.05) is 0 Å². The summed E-state index contributed by atoms with van der Waals surface area (Å²) in [7, 11) is 0. The maximum Gasteiger partial charge on any atom is 0.328 e. The third kappa shape index (κ3) is 2.37. The number of rotatable bonds is 2. The van der Waals surface area contributed by atoms with Crippen molar-refractivity contribution < 1.29 is 14.4 Å². The van der Waals surface area contributed by atoms with E-state index in [9.17, 15) is 14.4 Å². The average molecular weight is 158 g/mol. The fourth-order valence-electron chi connectivity index (χ4n) is 0.491. The lowest BCUT2D eigenvalue weighted by molar-refractivity contribution is -0.136. The second kappa shape index (κ2) is 3.70. The number of imide groups is 3. The quantitative estimate of drug-likeness (QED) is 0.560. The Kier molecular flexibility index (Phi) is 3.23. The summed E-state index contributed by atoms with van der Waals surface area (Å²) in [6.07, 6.45) is 0.116. The van der Waals surface area contributed by atoms with E-state index in [0.717, 1.165) is 0 Å². The predicted molar refractivity (Wildman–Crippen MR) is 37.3 cm³/mol. The van der Waals surface area contributed by atoms with Crippen molar-refractivity contribution in [1.82, 2.24) is 4.90 Å². The molecule has 0 bridgehead atoms. The SMILES string of the molecule is CC(C)C(=O)N(C=O)C(N)=O. The Morgan fingerprint density at radius 2 is 1.91 bits per heavy atom. The summed E-state index contributed by atoms with van der Waals surface area (Å²) in [5.41, 5.74) is 4.72. The van der Waals surface area contributed by atoms with Crippen molar-refractivity contribution in [3.05, 3.63) is 0 Å². The van der Waals surface area contributed by atoms with Crippen LogP contribution in [0.15, 0.2) is 0 Å². The number of carbonyl (C=O) groups is 3. The van der Waals surface area contributed by atoms with E-state index in [1.54, 1.807) is 13.8 Å². The first kappa shape index (κ1) is 9.61. The molecule has 5 nitrogen and oxygen atoms in total. The summed E-state index contributed by atoms with van der Waals surface area (Å²) in [6.45, 7) is 3.14. The molecule has 0 saturated carbocycles. The summed E-state index contributed by atoms with van der Waals surface area (Å²) in [6, 6.07) is -1.04. The van der Waals surface area contributed by atoms with Crippen LogP contribution in [0, 0.1) is 5.92 Å². The van der Waals surface area contributed by atoms with Crippen LogP contribution in [0.5, 0.6) is 0 Å². The van der Waals surface area contributed by atoms with Gasteiger partial charge in [-0.05, 0) is 0 Å². The van der Waals surface area contributed by atoms with E-state index in [4.69, 9.17) is 5.73 Å². The average Bonchev–Trinajstić information content (AvgIpc) is 1.88. The lowest BCUT2D eigenvalue weighted by atomic mass is 10.2. The Bertz CT molecular complexity index is 188. The fraction of sp³-hybridized carbons (Fsp3) is 0.500. The van der Waals surface area contributed by atoms with Crippen LogP contribution in [0.25, 0.3) is 0 Å². The first-order valence-electron chi connectivity index (χ1n) is 3.08. The van der Waals surface area contributed by atoms with E-state index in [2.05, 4.69) is 0 Å². The normalized spacial score (nSPS) is 9.36. The number of amides is 4. The zero-order valence-electron chi connectivity index (χ0n) is 6.40. The van der Waals surface area contributed by atoms with Crippen molar-refractivity contribution >= 4 is 18.3 Å². The molecule has 2 N–H and O–H groups in total. The molecule has 0 rings (SSSR count). The van der Waals surface area contributed by atoms with Crippen LogP contribution in [-0.2, 0) is 9.59 Å². The van der Waals surface area contributed by atoms with Gasteiger partial charge in [0.2, 0.25) is 12.3 Å². The first-order valence-corrected chi connectivity index (χ1v) is 3.08. The Hall–Kier alpha value is -1.39. The standard InChI is InChI=1S/C6H10N2O3/c1-4(2)5(10)8(3-9)6(7)11/h3-4H,1-2H3,(H2,7,11). The van der Waals surface area contributed by atoms with Gasteiger partial charge in [-0.3, -0.25) is 9.59 Å². The number of hydrogen-bond acceptors (Lipinski definition) is 3. The molecule has 11 heavy (non-hydrogen) atoms. The lowest BCUT2D eigenvalue weighted by Gasteiger charge is -2.11. The maximum atomic E-state index is 10.9. The second-order valence-electron chi connectivity index (χ2n) is 2.31. The molecule has 0 aromatic carbocycles. The van der Waals surface area contributed by atoms with Gasteiger partial charge in [-0.25, -0.2) is 9.69 Å². The molecular weight excluding hydrogens is 148 g/mol. The summed E-state index contributed by atoms with van der Waals surface area (Å²) >= 11 is 0. The summed E-state index contributed by atoms with van der Waals surface area (Å²) in [5.74, 6) is -1.000. The molecule has 0 aromatic rings. The molecule has 0 spiro atoms.